The van der Waals surface area contributed by atoms with E-state index in [0.717, 1.165) is 5.56 Å². The van der Waals surface area contributed by atoms with Gasteiger partial charge in [0.15, 0.2) is 0 Å². The number of furan rings is 1. The highest BCUT2D eigenvalue weighted by Crippen LogP contribution is 2.13. The summed E-state index contributed by atoms with van der Waals surface area (Å²) in [5, 5.41) is 9.18. The van der Waals surface area contributed by atoms with E-state index in [1.165, 1.54) is 7.11 Å². The molecule has 0 saturated heterocycles. The highest BCUT2D eigenvalue weighted by Gasteiger charge is 2.13. The number of ether oxygens (including phenoxy) is 1. The van der Waals surface area contributed by atoms with Gasteiger partial charge >= 0.3 is 5.97 Å². The van der Waals surface area contributed by atoms with Crippen molar-refractivity contribution in [3.05, 3.63) is 59.5 Å². The Balaban J connectivity index is 2.02. The van der Waals surface area contributed by atoms with Gasteiger partial charge in [-0.15, -0.1) is 0 Å². The van der Waals surface area contributed by atoms with Crippen LogP contribution in [0.4, 0.5) is 0 Å². The lowest BCUT2D eigenvalue weighted by atomic mass is 10.2. The van der Waals surface area contributed by atoms with Crippen LogP contribution in [0.15, 0.2) is 46.9 Å². The Kier molecular flexibility index (Phi) is 5.54. The van der Waals surface area contributed by atoms with Gasteiger partial charge in [0.25, 0.3) is 0 Å². The highest BCUT2D eigenvalue weighted by atomic mass is 16.5. The summed E-state index contributed by atoms with van der Waals surface area (Å²) in [6.45, 7) is 1.82. The van der Waals surface area contributed by atoms with E-state index in [0.29, 0.717) is 25.4 Å². The molecule has 1 heterocycles. The third-order valence-electron chi connectivity index (χ3n) is 3.09. The predicted octanol–water partition coefficient (Wildman–Crippen LogP) is 2.06. The first-order valence-electron chi connectivity index (χ1n) is 6.77. The summed E-state index contributed by atoms with van der Waals surface area (Å²) in [6.07, 6.45) is 0. The molecule has 0 radical (unpaired) electrons. The molecule has 1 aromatic heterocycles. The first-order valence-corrected chi connectivity index (χ1v) is 6.77. The van der Waals surface area contributed by atoms with Crippen LogP contribution in [0.25, 0.3) is 0 Å². The van der Waals surface area contributed by atoms with E-state index in [1.807, 2.05) is 30.3 Å². The molecule has 0 amide bonds. The van der Waals surface area contributed by atoms with Crippen molar-refractivity contribution in [1.82, 2.24) is 4.90 Å². The van der Waals surface area contributed by atoms with Crippen LogP contribution < -0.4 is 0 Å². The van der Waals surface area contributed by atoms with Gasteiger partial charge in [-0.1, -0.05) is 30.3 Å². The number of nitrogens with zero attached hydrogens (tertiary/aromatic N) is 1. The molecule has 112 valence electrons. The summed E-state index contributed by atoms with van der Waals surface area (Å²) >= 11 is 0. The number of methoxy groups -OCH3 is 1. The molecule has 0 spiro atoms. The number of benzene rings is 1. The number of rotatable bonds is 7. The van der Waals surface area contributed by atoms with Gasteiger partial charge in [-0.3, -0.25) is 4.90 Å². The molecule has 0 atom stereocenters. The predicted molar refractivity (Wildman–Crippen MR) is 77.7 cm³/mol. The van der Waals surface area contributed by atoms with Crippen LogP contribution in [0.3, 0.4) is 0 Å². The molecule has 0 aliphatic heterocycles. The zero-order chi connectivity index (χ0) is 15.1. The van der Waals surface area contributed by atoms with Crippen molar-refractivity contribution in [1.29, 1.82) is 0 Å². The Morgan fingerprint density at radius 2 is 1.95 bits per heavy atom. The van der Waals surface area contributed by atoms with Gasteiger partial charge in [-0.05, 0) is 17.7 Å². The van der Waals surface area contributed by atoms with Gasteiger partial charge in [-0.2, -0.15) is 0 Å². The number of hydrogen-bond donors (Lipinski definition) is 1. The lowest BCUT2D eigenvalue weighted by Gasteiger charge is -2.20. The third-order valence-corrected chi connectivity index (χ3v) is 3.09. The zero-order valence-electron chi connectivity index (χ0n) is 12.0. The average molecular weight is 289 g/mol. The molecule has 0 unspecified atom stereocenters. The lowest BCUT2D eigenvalue weighted by molar-refractivity contribution is 0.0560. The number of carbonyl (C=O) groups excluding carboxylic acids is 1. The van der Waals surface area contributed by atoms with E-state index < -0.39 is 5.97 Å². The van der Waals surface area contributed by atoms with Crippen molar-refractivity contribution >= 4 is 5.97 Å². The van der Waals surface area contributed by atoms with E-state index in [1.54, 1.807) is 12.1 Å². The molecule has 2 rings (SSSR count). The average Bonchev–Trinajstić information content (AvgIpc) is 2.96. The van der Waals surface area contributed by atoms with Crippen LogP contribution in [-0.2, 0) is 17.8 Å². The fourth-order valence-corrected chi connectivity index (χ4v) is 2.09. The SMILES string of the molecule is COC(=O)c1ccc(CN(CCO)Cc2ccccc2)o1. The van der Waals surface area contributed by atoms with Gasteiger partial charge in [0, 0.05) is 13.1 Å². The van der Waals surface area contributed by atoms with Crippen LogP contribution in [0.1, 0.15) is 21.9 Å². The molecule has 21 heavy (non-hydrogen) atoms. The maximum absolute atomic E-state index is 11.4. The van der Waals surface area contributed by atoms with Crippen LogP contribution in [0.5, 0.6) is 0 Å². The minimum Gasteiger partial charge on any atom is -0.463 e. The molecule has 1 aromatic carbocycles. The first kappa shape index (κ1) is 15.3. The quantitative estimate of drug-likeness (QED) is 0.790. The Hall–Kier alpha value is -2.11. The van der Waals surface area contributed by atoms with Crippen LogP contribution in [0, 0.1) is 0 Å². The summed E-state index contributed by atoms with van der Waals surface area (Å²) in [4.78, 5) is 13.4. The standard InChI is InChI=1S/C16H19NO4/c1-20-16(19)15-8-7-14(21-15)12-17(9-10-18)11-13-5-3-2-4-6-13/h2-8,18H,9-12H2,1H3. The second kappa shape index (κ2) is 7.61. The molecule has 5 heteroatoms. The van der Waals surface area contributed by atoms with Crippen molar-refractivity contribution < 1.29 is 19.1 Å². The number of aliphatic hydroxyl groups is 1. The zero-order valence-corrected chi connectivity index (χ0v) is 12.0. The number of carbonyl (C=O) groups is 1. The van der Waals surface area contributed by atoms with E-state index in [9.17, 15) is 9.90 Å². The Morgan fingerprint density at radius 3 is 2.62 bits per heavy atom. The number of esters is 1. The highest BCUT2D eigenvalue weighted by molar-refractivity contribution is 5.86. The van der Waals surface area contributed by atoms with Gasteiger partial charge in [0.05, 0.1) is 20.3 Å². The number of aliphatic hydroxyl groups excluding tert-OH is 1. The van der Waals surface area contributed by atoms with Gasteiger partial charge in [0.1, 0.15) is 5.76 Å². The van der Waals surface area contributed by atoms with Gasteiger partial charge < -0.3 is 14.3 Å². The molecule has 0 fully saturated rings. The molecule has 0 saturated carbocycles. The smallest absolute Gasteiger partial charge is 0.373 e. The molecule has 5 nitrogen and oxygen atoms in total. The van der Waals surface area contributed by atoms with Crippen LogP contribution >= 0.6 is 0 Å². The fourth-order valence-electron chi connectivity index (χ4n) is 2.09. The van der Waals surface area contributed by atoms with Crippen molar-refractivity contribution in [3.8, 4) is 0 Å². The molecule has 2 aromatic rings. The van der Waals surface area contributed by atoms with E-state index >= 15 is 0 Å². The summed E-state index contributed by atoms with van der Waals surface area (Å²) in [5.74, 6) is 0.369. The van der Waals surface area contributed by atoms with Crippen molar-refractivity contribution in [2.24, 2.45) is 0 Å². The fraction of sp³-hybridized carbons (Fsp3) is 0.312. The lowest BCUT2D eigenvalue weighted by Crippen LogP contribution is -2.25. The summed E-state index contributed by atoms with van der Waals surface area (Å²) in [5.41, 5.74) is 1.16. The molecule has 0 bridgehead atoms. The molecular formula is C16H19NO4. The van der Waals surface area contributed by atoms with Gasteiger partial charge in [-0.25, -0.2) is 4.79 Å². The number of hydrogen-bond acceptors (Lipinski definition) is 5. The van der Waals surface area contributed by atoms with E-state index in [4.69, 9.17) is 4.42 Å². The van der Waals surface area contributed by atoms with Crippen LogP contribution in [-0.4, -0.2) is 36.2 Å². The minimum absolute atomic E-state index is 0.0669. The Labute approximate surface area is 123 Å². The molecule has 0 aliphatic carbocycles. The Bertz CT molecular complexity index is 565. The monoisotopic (exact) mass is 289 g/mol. The summed E-state index contributed by atoms with van der Waals surface area (Å²) < 4.78 is 10.1. The van der Waals surface area contributed by atoms with E-state index in [-0.39, 0.29) is 12.4 Å². The molecule has 0 aliphatic rings. The topological polar surface area (TPSA) is 62.9 Å². The molecule has 1 N–H and O–H groups in total. The summed E-state index contributed by atoms with van der Waals surface area (Å²) in [6, 6.07) is 13.3. The van der Waals surface area contributed by atoms with Crippen molar-refractivity contribution in [2.75, 3.05) is 20.3 Å². The maximum Gasteiger partial charge on any atom is 0.373 e. The second-order valence-corrected chi connectivity index (χ2v) is 4.68. The van der Waals surface area contributed by atoms with Crippen molar-refractivity contribution in [3.63, 3.8) is 0 Å². The summed E-state index contributed by atoms with van der Waals surface area (Å²) in [7, 11) is 1.32. The normalized spacial score (nSPS) is 10.8. The van der Waals surface area contributed by atoms with Gasteiger partial charge in [0.2, 0.25) is 5.76 Å². The second-order valence-electron chi connectivity index (χ2n) is 4.68. The Morgan fingerprint density at radius 1 is 1.19 bits per heavy atom. The minimum atomic E-state index is -0.488. The van der Waals surface area contributed by atoms with Crippen molar-refractivity contribution in [2.45, 2.75) is 13.1 Å². The molecular weight excluding hydrogens is 270 g/mol. The van der Waals surface area contributed by atoms with E-state index in [2.05, 4.69) is 9.64 Å². The third kappa shape index (κ3) is 4.44. The first-order chi connectivity index (χ1) is 10.2. The van der Waals surface area contributed by atoms with Crippen LogP contribution in [0.2, 0.25) is 0 Å². The largest absolute Gasteiger partial charge is 0.463 e. The maximum atomic E-state index is 11.4.